The minimum atomic E-state index is -4.96. The van der Waals surface area contributed by atoms with Gasteiger partial charge in [-0.05, 0) is 86.9 Å². The van der Waals surface area contributed by atoms with Gasteiger partial charge in [0.1, 0.15) is 24.5 Å². The van der Waals surface area contributed by atoms with E-state index in [0.29, 0.717) is 42.9 Å². The highest BCUT2D eigenvalue weighted by Crippen LogP contribution is 2.66. The van der Waals surface area contributed by atoms with Crippen LogP contribution in [0.4, 0.5) is 0 Å². The lowest BCUT2D eigenvalue weighted by Crippen LogP contribution is -2.55. The zero-order valence-electron chi connectivity index (χ0n) is 20.2. The summed E-state index contributed by atoms with van der Waals surface area (Å²) >= 11 is 0. The van der Waals surface area contributed by atoms with E-state index in [-0.39, 0.29) is 23.0 Å². The predicted molar refractivity (Wildman–Crippen MR) is 115 cm³/mol. The summed E-state index contributed by atoms with van der Waals surface area (Å²) in [5.41, 5.74) is -0.181. The van der Waals surface area contributed by atoms with Crippen LogP contribution >= 0.6 is 15.9 Å². The Morgan fingerprint density at radius 2 is 1.31 bits per heavy atom. The van der Waals surface area contributed by atoms with Gasteiger partial charge in [-0.3, -0.25) is 0 Å². The van der Waals surface area contributed by atoms with Crippen molar-refractivity contribution in [2.45, 2.75) is 83.8 Å². The maximum atomic E-state index is 12.1. The third kappa shape index (κ3) is 5.85. The van der Waals surface area contributed by atoms with Crippen LogP contribution in [0.1, 0.15) is 71.6 Å². The van der Waals surface area contributed by atoms with Gasteiger partial charge in [-0.1, -0.05) is 13.8 Å². The van der Waals surface area contributed by atoms with E-state index in [2.05, 4.69) is 13.8 Å². The Labute approximate surface area is 207 Å². The highest BCUT2D eigenvalue weighted by atomic mass is 31.2. The summed E-state index contributed by atoms with van der Waals surface area (Å²) in [6.45, 7) is 4.44. The van der Waals surface area contributed by atoms with Crippen molar-refractivity contribution in [2.75, 3.05) is 12.3 Å². The van der Waals surface area contributed by atoms with Crippen LogP contribution in [-0.4, -0.2) is 36.5 Å². The highest BCUT2D eigenvalue weighted by Gasteiger charge is 2.61. The average molecular weight is 532 g/mol. The van der Waals surface area contributed by atoms with Crippen molar-refractivity contribution < 1.29 is 48.4 Å². The molecule has 35 heavy (non-hydrogen) atoms. The van der Waals surface area contributed by atoms with Crippen molar-refractivity contribution in [1.82, 2.24) is 0 Å². The first-order chi connectivity index (χ1) is 16.1. The normalized spacial score (nSPS) is 41.4. The van der Waals surface area contributed by atoms with Gasteiger partial charge in [-0.2, -0.15) is 15.9 Å². The van der Waals surface area contributed by atoms with Crippen molar-refractivity contribution in [3.05, 3.63) is 0 Å². The lowest BCUT2D eigenvalue weighted by molar-refractivity contribution is -0.429. The fourth-order valence-corrected chi connectivity index (χ4v) is 8.99. The molecule has 8 atom stereocenters. The van der Waals surface area contributed by atoms with Crippen LogP contribution in [0, 0.1) is 34.5 Å². The van der Waals surface area contributed by atoms with Gasteiger partial charge in [-0.15, -0.1) is 0 Å². The third-order valence-corrected chi connectivity index (χ3v) is 11.0. The van der Waals surface area contributed by atoms with Gasteiger partial charge in [0, 0.05) is 5.41 Å². The van der Waals surface area contributed by atoms with Crippen LogP contribution in [0.2, 0.25) is 0 Å². The van der Waals surface area contributed by atoms with Crippen LogP contribution in [0.25, 0.3) is 0 Å². The van der Waals surface area contributed by atoms with Gasteiger partial charge >= 0.3 is 11.9 Å². The smallest absolute Gasteiger partial charge is 0.343 e. The number of ether oxygens (including phenoxy) is 2. The lowest BCUT2D eigenvalue weighted by atomic mass is 9.45. The Balaban J connectivity index is 1.39. The Morgan fingerprint density at radius 3 is 1.94 bits per heavy atom. The molecule has 12 heteroatoms. The van der Waals surface area contributed by atoms with Crippen molar-refractivity contribution in [3.8, 4) is 0 Å². The number of hydrogen-bond donors (Lipinski definition) is 0. The molecule has 10 nitrogen and oxygen atoms in total. The number of fused-ring (bicyclic) bond motifs is 5. The van der Waals surface area contributed by atoms with Crippen LogP contribution in [-0.2, 0) is 19.1 Å². The molecule has 0 aromatic rings. The van der Waals surface area contributed by atoms with Gasteiger partial charge in [0.2, 0.25) is 0 Å². The molecule has 0 aliphatic heterocycles. The van der Waals surface area contributed by atoms with E-state index in [1.165, 1.54) is 0 Å². The zero-order chi connectivity index (χ0) is 25.8. The van der Waals surface area contributed by atoms with E-state index in [1.54, 1.807) is 0 Å². The second kappa shape index (κ2) is 9.70. The summed E-state index contributed by atoms with van der Waals surface area (Å²) in [5, 5.41) is 0. The molecule has 4 aliphatic carbocycles. The van der Waals surface area contributed by atoms with Crippen molar-refractivity contribution in [3.63, 3.8) is 0 Å². The van der Waals surface area contributed by atoms with Crippen LogP contribution in [0.5, 0.6) is 0 Å². The van der Waals surface area contributed by atoms with Crippen LogP contribution < -0.4 is 29.4 Å². The Kier molecular flexibility index (Phi) is 7.65. The maximum Gasteiger partial charge on any atom is 0.343 e. The number of carbonyl (C=O) groups is 2. The van der Waals surface area contributed by atoms with Crippen LogP contribution in [0.3, 0.4) is 0 Å². The van der Waals surface area contributed by atoms with Crippen molar-refractivity contribution in [2.24, 2.45) is 34.5 Å². The Morgan fingerprint density at radius 1 is 0.743 bits per heavy atom. The molecule has 0 aromatic heterocycles. The average Bonchev–Trinajstić information content (AvgIpc) is 3.01. The highest BCUT2D eigenvalue weighted by molar-refractivity contribution is 7.55. The molecule has 0 N–H and O–H groups in total. The summed E-state index contributed by atoms with van der Waals surface area (Å²) in [6, 6.07) is 0. The monoisotopic (exact) mass is 532 g/mol. The SMILES string of the molecule is C[C@]12CC[C@H]3[C@@H](CCC4C[C@@H](OC(=O)C[P+]([O-])([O-])[O-])CC[C@@]43C)[C@@H]1CC[C@@H]2OC(=O)C[P+]([O-])([O-])[O-]. The minimum absolute atomic E-state index is 0.0615. The fourth-order valence-electron chi connectivity index (χ4n) is 8.21. The minimum Gasteiger partial charge on any atom is -0.687 e. The molecule has 4 rings (SSSR count). The lowest BCUT2D eigenvalue weighted by Gasteiger charge is -2.60. The van der Waals surface area contributed by atoms with E-state index >= 15 is 0 Å². The van der Waals surface area contributed by atoms with Gasteiger partial charge in [0.05, 0.1) is 0 Å². The molecular formula is C23H34O10P2-4. The van der Waals surface area contributed by atoms with Gasteiger partial charge in [-0.25, -0.2) is 9.59 Å². The summed E-state index contributed by atoms with van der Waals surface area (Å²) in [5.74, 6) is -0.314. The molecule has 200 valence electrons. The summed E-state index contributed by atoms with van der Waals surface area (Å²) in [6.07, 6.45) is 4.52. The van der Waals surface area contributed by atoms with E-state index in [1.807, 2.05) is 0 Å². The Hall–Kier alpha value is -0.440. The van der Waals surface area contributed by atoms with E-state index in [0.717, 1.165) is 38.5 Å². The number of rotatable bonds is 6. The predicted octanol–water partition coefficient (Wildman–Crippen LogP) is -1.46. The molecule has 0 bridgehead atoms. The second-order valence-corrected chi connectivity index (χ2v) is 14.8. The molecule has 0 amide bonds. The standard InChI is InChI=1S/C23H38O10P2/c1-22-9-7-15(32-20(24)12-34(26,27)28)11-14(22)3-4-16-17-5-6-19(23(17,2)10-8-18(16)22)33-21(25)13-35(29,30)31/h14-19H,3-13H2,1-2H3,(H2,26,27,28)(H2,29,30,31)/p-4/t14?,15-,16-,17-,18-,19-,22-,23-/m0/s1. The molecule has 0 heterocycles. The molecule has 0 saturated heterocycles. The van der Waals surface area contributed by atoms with E-state index < -0.39 is 40.1 Å². The number of esters is 2. The first-order valence-electron chi connectivity index (χ1n) is 12.5. The first kappa shape index (κ1) is 27.6. The second-order valence-electron chi connectivity index (χ2n) is 11.7. The van der Waals surface area contributed by atoms with Crippen molar-refractivity contribution >= 4 is 27.8 Å². The zero-order valence-corrected chi connectivity index (χ0v) is 22.0. The topological polar surface area (TPSA) is 191 Å². The van der Waals surface area contributed by atoms with Crippen LogP contribution in [0.15, 0.2) is 0 Å². The quantitative estimate of drug-likeness (QED) is 0.288. The van der Waals surface area contributed by atoms with Gasteiger partial charge in [0.15, 0.2) is 0 Å². The van der Waals surface area contributed by atoms with Gasteiger partial charge in [0.25, 0.3) is 0 Å². The molecule has 4 fully saturated rings. The largest absolute Gasteiger partial charge is 0.687 e. The third-order valence-electron chi connectivity index (χ3n) is 9.75. The molecule has 0 radical (unpaired) electrons. The molecule has 0 spiro atoms. The molecule has 4 aliphatic rings. The van der Waals surface area contributed by atoms with Crippen molar-refractivity contribution in [1.29, 1.82) is 0 Å². The first-order valence-corrected chi connectivity index (χ1v) is 16.0. The molecular weight excluding hydrogens is 498 g/mol. The molecule has 1 unspecified atom stereocenters. The summed E-state index contributed by atoms with van der Waals surface area (Å²) in [4.78, 5) is 89.5. The molecule has 0 aromatic carbocycles. The number of hydrogen-bond acceptors (Lipinski definition) is 10. The van der Waals surface area contributed by atoms with Gasteiger partial charge < -0.3 is 38.8 Å². The fraction of sp³-hybridized carbons (Fsp3) is 0.913. The van der Waals surface area contributed by atoms with E-state index in [9.17, 15) is 38.9 Å². The number of carbonyl (C=O) groups excluding carboxylic acids is 2. The molecule has 4 saturated carbocycles. The van der Waals surface area contributed by atoms with E-state index in [4.69, 9.17) is 9.47 Å². The Bertz CT molecular complexity index is 826. The summed E-state index contributed by atoms with van der Waals surface area (Å²) < 4.78 is 10.9. The summed E-state index contributed by atoms with van der Waals surface area (Å²) in [7, 11) is -9.91. The maximum absolute atomic E-state index is 12.1.